The Labute approximate surface area is 129 Å². The highest BCUT2D eigenvalue weighted by Crippen LogP contribution is 2.24. The molecule has 22 heavy (non-hydrogen) atoms. The van der Waals surface area contributed by atoms with Crippen molar-refractivity contribution in [2.75, 3.05) is 11.9 Å². The Bertz CT molecular complexity index is 820. The highest BCUT2D eigenvalue weighted by Gasteiger charge is 2.29. The second-order valence-electron chi connectivity index (χ2n) is 5.93. The maximum Gasteiger partial charge on any atom is 0.358 e. The summed E-state index contributed by atoms with van der Waals surface area (Å²) in [5.74, 6) is 1.09. The normalized spacial score (nSPS) is 14.8. The quantitative estimate of drug-likeness (QED) is 0.728. The van der Waals surface area contributed by atoms with Crippen molar-refractivity contribution < 1.29 is 9.67 Å². The smallest absolute Gasteiger partial charge is 0.358 e. The molecule has 1 atom stereocenters. The van der Waals surface area contributed by atoms with Gasteiger partial charge in [0.1, 0.15) is 30.2 Å². The summed E-state index contributed by atoms with van der Waals surface area (Å²) in [6, 6.07) is 16.5. The van der Waals surface area contributed by atoms with Crippen molar-refractivity contribution in [3.63, 3.8) is 0 Å². The van der Waals surface area contributed by atoms with Gasteiger partial charge in [0.2, 0.25) is 0 Å². The van der Waals surface area contributed by atoms with Crippen LogP contribution >= 0.6 is 0 Å². The number of imidazole rings is 1. The summed E-state index contributed by atoms with van der Waals surface area (Å²) in [5, 5.41) is 14.1. The summed E-state index contributed by atoms with van der Waals surface area (Å²) in [6.07, 6.45) is -0.511. The molecule has 2 N–H and O–H groups in total. The zero-order valence-corrected chi connectivity index (χ0v) is 12.7. The van der Waals surface area contributed by atoms with E-state index in [1.165, 1.54) is 11.1 Å². The third-order valence-electron chi connectivity index (χ3n) is 4.41. The Morgan fingerprint density at radius 2 is 1.95 bits per heavy atom. The number of nitrogens with one attached hydrogen (secondary N) is 1. The second-order valence-corrected chi connectivity index (χ2v) is 5.93. The molecule has 4 nitrogen and oxygen atoms in total. The van der Waals surface area contributed by atoms with Crippen molar-refractivity contribution in [1.29, 1.82) is 0 Å². The minimum Gasteiger partial charge on any atom is -0.385 e. The maximum absolute atomic E-state index is 10.6. The molecular formula is C18H20N3O+. The molecule has 0 radical (unpaired) electrons. The van der Waals surface area contributed by atoms with Crippen LogP contribution in [0, 0.1) is 6.92 Å². The van der Waals surface area contributed by atoms with Gasteiger partial charge >= 0.3 is 5.95 Å². The fourth-order valence-corrected chi connectivity index (χ4v) is 3.24. The number of para-hydroxylation sites is 2. The Hall–Kier alpha value is -2.33. The minimum atomic E-state index is -0.511. The lowest BCUT2D eigenvalue weighted by atomic mass is 10.1. The molecular weight excluding hydrogens is 274 g/mol. The Morgan fingerprint density at radius 3 is 2.77 bits per heavy atom. The van der Waals surface area contributed by atoms with E-state index in [-0.39, 0.29) is 0 Å². The molecule has 0 amide bonds. The molecule has 4 rings (SSSR count). The van der Waals surface area contributed by atoms with E-state index < -0.39 is 6.10 Å². The summed E-state index contributed by atoms with van der Waals surface area (Å²) in [7, 11) is 0. The highest BCUT2D eigenvalue weighted by molar-refractivity contribution is 5.74. The lowest BCUT2D eigenvalue weighted by Crippen LogP contribution is -2.29. The van der Waals surface area contributed by atoms with E-state index in [9.17, 15) is 5.11 Å². The Kier molecular flexibility index (Phi) is 3.12. The number of aliphatic hydroxyl groups excluding tert-OH is 1. The molecule has 1 unspecified atom stereocenters. The topological polar surface area (TPSA) is 41.1 Å². The third-order valence-corrected chi connectivity index (χ3v) is 4.41. The molecule has 1 aromatic heterocycles. The molecule has 112 valence electrons. The van der Waals surface area contributed by atoms with Gasteiger partial charge in [-0.1, -0.05) is 42.0 Å². The van der Waals surface area contributed by atoms with Gasteiger partial charge in [-0.05, 0) is 24.6 Å². The summed E-state index contributed by atoms with van der Waals surface area (Å²) in [6.45, 7) is 4.53. The number of nitrogens with zero attached hydrogens (tertiary/aromatic N) is 2. The molecule has 0 spiro atoms. The second kappa shape index (κ2) is 5.14. The number of hydrogen-bond acceptors (Lipinski definition) is 2. The van der Waals surface area contributed by atoms with Gasteiger partial charge in [0.15, 0.2) is 0 Å². The van der Waals surface area contributed by atoms with Crippen LogP contribution in [0.25, 0.3) is 11.0 Å². The Balaban J connectivity index is 1.74. The summed E-state index contributed by atoms with van der Waals surface area (Å²) >= 11 is 0. The van der Waals surface area contributed by atoms with Gasteiger partial charge in [-0.3, -0.25) is 5.32 Å². The van der Waals surface area contributed by atoms with Gasteiger partial charge in [-0.15, -0.1) is 0 Å². The molecule has 0 bridgehead atoms. The average molecular weight is 294 g/mol. The lowest BCUT2D eigenvalue weighted by molar-refractivity contribution is -0.644. The van der Waals surface area contributed by atoms with Crippen LogP contribution in [0.4, 0.5) is 5.95 Å². The molecule has 0 fully saturated rings. The number of aromatic nitrogens is 2. The van der Waals surface area contributed by atoms with E-state index in [4.69, 9.17) is 0 Å². The van der Waals surface area contributed by atoms with E-state index in [2.05, 4.69) is 39.6 Å². The number of aryl methyl sites for hydroxylation is 1. The van der Waals surface area contributed by atoms with E-state index in [1.54, 1.807) is 0 Å². The van der Waals surface area contributed by atoms with Crippen molar-refractivity contribution in [2.24, 2.45) is 0 Å². The lowest BCUT2D eigenvalue weighted by Gasteiger charge is -2.11. The summed E-state index contributed by atoms with van der Waals surface area (Å²) < 4.78 is 4.48. The van der Waals surface area contributed by atoms with Crippen LogP contribution in [-0.2, 0) is 13.1 Å². The number of anilines is 1. The summed E-state index contributed by atoms with van der Waals surface area (Å²) in [5.41, 5.74) is 4.55. The van der Waals surface area contributed by atoms with Gasteiger partial charge in [0.25, 0.3) is 0 Å². The fourth-order valence-electron chi connectivity index (χ4n) is 3.24. The zero-order chi connectivity index (χ0) is 15.1. The van der Waals surface area contributed by atoms with Crippen molar-refractivity contribution >= 4 is 17.0 Å². The van der Waals surface area contributed by atoms with Crippen LogP contribution in [0.2, 0.25) is 0 Å². The molecule has 4 heteroatoms. The van der Waals surface area contributed by atoms with Crippen molar-refractivity contribution in [2.45, 2.75) is 26.1 Å². The average Bonchev–Trinajstić information content (AvgIpc) is 3.11. The molecule has 1 aliphatic heterocycles. The molecule has 0 aliphatic carbocycles. The first-order valence-corrected chi connectivity index (χ1v) is 7.73. The number of fused-ring (bicyclic) bond motifs is 3. The monoisotopic (exact) mass is 294 g/mol. The van der Waals surface area contributed by atoms with Crippen molar-refractivity contribution in [3.05, 3.63) is 59.7 Å². The van der Waals surface area contributed by atoms with Gasteiger partial charge in [-0.2, -0.15) is 0 Å². The molecule has 1 aliphatic rings. The van der Waals surface area contributed by atoms with E-state index in [0.29, 0.717) is 6.54 Å². The number of hydrogen-bond donors (Lipinski definition) is 2. The van der Waals surface area contributed by atoms with Crippen molar-refractivity contribution in [1.82, 2.24) is 4.57 Å². The molecule has 3 aromatic rings. The molecule has 0 saturated carbocycles. The molecule has 0 saturated heterocycles. The van der Waals surface area contributed by atoms with Gasteiger partial charge in [0.05, 0.1) is 6.54 Å². The summed E-state index contributed by atoms with van der Waals surface area (Å²) in [4.78, 5) is 0. The van der Waals surface area contributed by atoms with E-state index in [1.807, 2.05) is 30.3 Å². The van der Waals surface area contributed by atoms with Crippen LogP contribution in [0.5, 0.6) is 0 Å². The standard InChI is InChI=1S/C18H19N3O/c1-13-6-8-14(9-7-13)17(22)12-21-16-5-3-2-4-15(16)20-11-10-19-18(20)21/h2-9,17,22H,10-12H2,1H3/p+1. The first kappa shape index (κ1) is 13.3. The van der Waals surface area contributed by atoms with Crippen LogP contribution in [0.1, 0.15) is 17.2 Å². The number of benzene rings is 2. The van der Waals surface area contributed by atoms with Gasteiger partial charge in [0, 0.05) is 0 Å². The fraction of sp³-hybridized carbons (Fsp3) is 0.278. The molecule has 2 heterocycles. The van der Waals surface area contributed by atoms with Crippen LogP contribution < -0.4 is 9.88 Å². The number of aliphatic hydroxyl groups is 1. The first-order valence-electron chi connectivity index (χ1n) is 7.73. The number of rotatable bonds is 3. The van der Waals surface area contributed by atoms with Crippen LogP contribution in [0.15, 0.2) is 48.5 Å². The minimum absolute atomic E-state index is 0.511. The van der Waals surface area contributed by atoms with Gasteiger partial charge < -0.3 is 5.11 Å². The predicted molar refractivity (Wildman–Crippen MR) is 86.8 cm³/mol. The highest BCUT2D eigenvalue weighted by atomic mass is 16.3. The van der Waals surface area contributed by atoms with Gasteiger partial charge in [-0.25, -0.2) is 9.13 Å². The maximum atomic E-state index is 10.6. The SMILES string of the molecule is Cc1ccc(C(O)Cn2c3[n+](c4ccccc42)CCN3)cc1. The van der Waals surface area contributed by atoms with E-state index >= 15 is 0 Å². The predicted octanol–water partition coefficient (Wildman–Crippen LogP) is 2.40. The van der Waals surface area contributed by atoms with E-state index in [0.717, 1.165) is 30.1 Å². The molecule has 2 aromatic carbocycles. The largest absolute Gasteiger partial charge is 0.385 e. The van der Waals surface area contributed by atoms with Crippen LogP contribution in [-0.4, -0.2) is 16.2 Å². The zero-order valence-electron chi connectivity index (χ0n) is 12.7. The van der Waals surface area contributed by atoms with Crippen molar-refractivity contribution in [3.8, 4) is 0 Å². The van der Waals surface area contributed by atoms with Crippen LogP contribution in [0.3, 0.4) is 0 Å². The first-order chi connectivity index (χ1) is 10.7. The third kappa shape index (κ3) is 2.07. The Morgan fingerprint density at radius 1 is 1.18 bits per heavy atom.